The van der Waals surface area contributed by atoms with Crippen LogP contribution in [0, 0.1) is 6.92 Å². The summed E-state index contributed by atoms with van der Waals surface area (Å²) in [4.78, 5) is 13.2. The van der Waals surface area contributed by atoms with Gasteiger partial charge in [-0.15, -0.1) is 0 Å². The van der Waals surface area contributed by atoms with Crippen LogP contribution in [0.4, 0.5) is 0 Å². The van der Waals surface area contributed by atoms with E-state index in [9.17, 15) is 4.79 Å². The Bertz CT molecular complexity index is 1290. The minimum Gasteiger partial charge on any atom is -0.493 e. The molecule has 1 aromatic heterocycles. The number of fused-ring (bicyclic) bond motifs is 1. The molecule has 0 bridgehead atoms. The van der Waals surface area contributed by atoms with Crippen LogP contribution in [-0.2, 0) is 0 Å². The van der Waals surface area contributed by atoms with E-state index >= 15 is 0 Å². The molecule has 0 saturated carbocycles. The van der Waals surface area contributed by atoms with Gasteiger partial charge in [0, 0.05) is 12.0 Å². The fourth-order valence-electron chi connectivity index (χ4n) is 3.48. The number of aryl methyl sites for hydroxylation is 1. The summed E-state index contributed by atoms with van der Waals surface area (Å²) in [5.74, 6) is 2.43. The van der Waals surface area contributed by atoms with Crippen molar-refractivity contribution in [3.8, 4) is 34.3 Å². The zero-order valence-corrected chi connectivity index (χ0v) is 18.9. The first-order valence-electron chi connectivity index (χ1n) is 10.7. The van der Waals surface area contributed by atoms with Gasteiger partial charge in [0.05, 0.1) is 32.8 Å². The highest BCUT2D eigenvalue weighted by molar-refractivity contribution is 5.82. The van der Waals surface area contributed by atoms with E-state index in [2.05, 4.69) is 0 Å². The molecule has 0 amide bonds. The Hall–Kier alpha value is -3.93. The van der Waals surface area contributed by atoms with Crippen LogP contribution in [0.25, 0.3) is 22.3 Å². The molecular formula is C27H26O6. The van der Waals surface area contributed by atoms with E-state index in [-0.39, 0.29) is 11.2 Å². The summed E-state index contributed by atoms with van der Waals surface area (Å²) in [7, 11) is 3.13. The molecule has 0 saturated heterocycles. The third-order valence-electron chi connectivity index (χ3n) is 5.23. The highest BCUT2D eigenvalue weighted by atomic mass is 16.5. The Kier molecular flexibility index (Phi) is 6.83. The number of benzene rings is 3. The molecule has 4 aromatic rings. The van der Waals surface area contributed by atoms with Gasteiger partial charge in [-0.2, -0.15) is 0 Å². The topological polar surface area (TPSA) is 67.1 Å². The lowest BCUT2D eigenvalue weighted by Crippen LogP contribution is -2.13. The second-order valence-corrected chi connectivity index (χ2v) is 7.52. The Morgan fingerprint density at radius 3 is 2.30 bits per heavy atom. The molecule has 33 heavy (non-hydrogen) atoms. The lowest BCUT2D eigenvalue weighted by atomic mass is 10.1. The highest BCUT2D eigenvalue weighted by Gasteiger charge is 2.19. The fourth-order valence-corrected chi connectivity index (χ4v) is 3.48. The van der Waals surface area contributed by atoms with Crippen molar-refractivity contribution in [1.82, 2.24) is 0 Å². The van der Waals surface area contributed by atoms with E-state index in [1.165, 1.54) is 5.56 Å². The first-order valence-corrected chi connectivity index (χ1v) is 10.7. The van der Waals surface area contributed by atoms with E-state index in [4.69, 9.17) is 23.4 Å². The van der Waals surface area contributed by atoms with E-state index in [0.29, 0.717) is 53.4 Å². The van der Waals surface area contributed by atoms with Crippen LogP contribution in [0.2, 0.25) is 0 Å². The third kappa shape index (κ3) is 4.95. The minimum absolute atomic E-state index is 0.163. The monoisotopic (exact) mass is 446 g/mol. The van der Waals surface area contributed by atoms with Crippen LogP contribution in [0.3, 0.4) is 0 Å². The molecule has 0 unspecified atom stereocenters. The van der Waals surface area contributed by atoms with Crippen molar-refractivity contribution in [2.75, 3.05) is 27.4 Å². The molecule has 3 aromatic carbocycles. The van der Waals surface area contributed by atoms with Crippen molar-refractivity contribution in [3.63, 3.8) is 0 Å². The Morgan fingerprint density at radius 1 is 0.818 bits per heavy atom. The second-order valence-electron chi connectivity index (χ2n) is 7.52. The first kappa shape index (κ1) is 22.3. The van der Waals surface area contributed by atoms with Gasteiger partial charge in [-0.05, 0) is 49.4 Å². The smallest absolute Gasteiger partial charge is 0.235 e. The number of methoxy groups -OCH3 is 2. The molecule has 6 nitrogen and oxygen atoms in total. The Morgan fingerprint density at radius 2 is 1.55 bits per heavy atom. The van der Waals surface area contributed by atoms with Gasteiger partial charge in [0.15, 0.2) is 17.3 Å². The Balaban J connectivity index is 1.59. The molecule has 170 valence electrons. The van der Waals surface area contributed by atoms with Gasteiger partial charge in [-0.25, -0.2) is 0 Å². The molecule has 4 rings (SSSR count). The predicted molar refractivity (Wildman–Crippen MR) is 128 cm³/mol. The number of ether oxygens (including phenoxy) is 4. The number of hydrogen-bond acceptors (Lipinski definition) is 6. The number of rotatable bonds is 9. The molecule has 0 N–H and O–H groups in total. The predicted octanol–water partition coefficient (Wildman–Crippen LogP) is 5.63. The maximum atomic E-state index is 13.2. The third-order valence-corrected chi connectivity index (χ3v) is 5.23. The molecule has 0 radical (unpaired) electrons. The molecule has 0 fully saturated rings. The molecule has 6 heteroatoms. The van der Waals surface area contributed by atoms with Crippen molar-refractivity contribution in [1.29, 1.82) is 0 Å². The van der Waals surface area contributed by atoms with Gasteiger partial charge < -0.3 is 23.4 Å². The van der Waals surface area contributed by atoms with Gasteiger partial charge in [0.2, 0.25) is 11.2 Å². The van der Waals surface area contributed by atoms with Gasteiger partial charge in [0.25, 0.3) is 0 Å². The largest absolute Gasteiger partial charge is 0.493 e. The van der Waals surface area contributed by atoms with Gasteiger partial charge in [-0.3, -0.25) is 4.79 Å². The van der Waals surface area contributed by atoms with Crippen LogP contribution in [-0.4, -0.2) is 27.4 Å². The van der Waals surface area contributed by atoms with E-state index < -0.39 is 0 Å². The zero-order valence-electron chi connectivity index (χ0n) is 18.9. The average Bonchev–Trinajstić information content (AvgIpc) is 2.85. The molecule has 0 atom stereocenters. The standard InChI is InChI=1S/C27H26O6/c1-18-9-12-20(13-10-18)31-15-6-16-32-27-25(28)21-7-4-5-8-22(21)33-26(27)19-11-14-23(29-2)24(17-19)30-3/h4-5,7-14,17H,6,15-16H2,1-3H3. The second kappa shape index (κ2) is 10.1. The van der Waals surface area contributed by atoms with Crippen molar-refractivity contribution < 1.29 is 23.4 Å². The van der Waals surface area contributed by atoms with Crippen LogP contribution in [0.5, 0.6) is 23.0 Å². The Labute approximate surface area is 192 Å². The maximum absolute atomic E-state index is 13.2. The quantitative estimate of drug-likeness (QED) is 0.310. The van der Waals surface area contributed by atoms with E-state index in [0.717, 1.165) is 5.75 Å². The van der Waals surface area contributed by atoms with Crippen LogP contribution in [0.1, 0.15) is 12.0 Å². The normalized spacial score (nSPS) is 10.8. The molecule has 0 spiro atoms. The summed E-state index contributed by atoms with van der Waals surface area (Å²) in [6, 6.07) is 20.3. The van der Waals surface area contributed by atoms with Gasteiger partial charge >= 0.3 is 0 Å². The van der Waals surface area contributed by atoms with Crippen molar-refractivity contribution in [2.45, 2.75) is 13.3 Å². The molecule has 0 aliphatic carbocycles. The maximum Gasteiger partial charge on any atom is 0.235 e. The molecular weight excluding hydrogens is 420 g/mol. The molecule has 0 aliphatic rings. The number of para-hydroxylation sites is 1. The lowest BCUT2D eigenvalue weighted by molar-refractivity contribution is 0.244. The highest BCUT2D eigenvalue weighted by Crippen LogP contribution is 2.36. The summed E-state index contributed by atoms with van der Waals surface area (Å²) in [5, 5.41) is 0.465. The minimum atomic E-state index is -0.221. The summed E-state index contributed by atoms with van der Waals surface area (Å²) >= 11 is 0. The van der Waals surface area contributed by atoms with E-state index in [1.807, 2.05) is 43.3 Å². The molecule has 0 aliphatic heterocycles. The lowest BCUT2D eigenvalue weighted by Gasteiger charge is -2.14. The van der Waals surface area contributed by atoms with E-state index in [1.54, 1.807) is 44.6 Å². The first-order chi connectivity index (χ1) is 16.1. The summed E-state index contributed by atoms with van der Waals surface area (Å²) < 4.78 is 28.6. The fraction of sp³-hybridized carbons (Fsp3) is 0.222. The van der Waals surface area contributed by atoms with Crippen molar-refractivity contribution >= 4 is 11.0 Å². The van der Waals surface area contributed by atoms with Crippen molar-refractivity contribution in [2.24, 2.45) is 0 Å². The summed E-state index contributed by atoms with van der Waals surface area (Å²) in [6.45, 7) is 2.80. The summed E-state index contributed by atoms with van der Waals surface area (Å²) in [6.07, 6.45) is 0.603. The SMILES string of the molecule is COc1ccc(-c2oc3ccccc3c(=O)c2OCCCOc2ccc(C)cc2)cc1OC. The zero-order chi connectivity index (χ0) is 23.2. The van der Waals surface area contributed by atoms with Gasteiger partial charge in [0.1, 0.15) is 11.3 Å². The average molecular weight is 446 g/mol. The van der Waals surface area contributed by atoms with Crippen LogP contribution < -0.4 is 24.4 Å². The van der Waals surface area contributed by atoms with Crippen molar-refractivity contribution in [3.05, 3.63) is 82.5 Å². The van der Waals surface area contributed by atoms with Gasteiger partial charge in [-0.1, -0.05) is 29.8 Å². The number of hydrogen-bond donors (Lipinski definition) is 0. The van der Waals surface area contributed by atoms with Crippen LogP contribution in [0.15, 0.2) is 75.9 Å². The molecule has 1 heterocycles. The summed E-state index contributed by atoms with van der Waals surface area (Å²) in [5.41, 5.74) is 2.10. The van der Waals surface area contributed by atoms with Crippen LogP contribution >= 0.6 is 0 Å².